The van der Waals surface area contributed by atoms with E-state index in [-0.39, 0.29) is 25.3 Å². The maximum absolute atomic E-state index is 13.4. The van der Waals surface area contributed by atoms with Crippen LogP contribution in [0.15, 0.2) is 12.3 Å². The van der Waals surface area contributed by atoms with Crippen LogP contribution in [0.25, 0.3) is 0 Å². The van der Waals surface area contributed by atoms with Crippen LogP contribution >= 0.6 is 0 Å². The summed E-state index contributed by atoms with van der Waals surface area (Å²) in [5, 5.41) is 4.10. The molecule has 1 aromatic rings. The maximum Gasteiger partial charge on any atom is 0.396 e. The third-order valence-electron chi connectivity index (χ3n) is 4.61. The highest BCUT2D eigenvalue weighted by molar-refractivity contribution is 7.90. The van der Waals surface area contributed by atoms with Gasteiger partial charge in [0, 0.05) is 17.6 Å². The molecular weight excluding hydrogens is 315 g/mol. The second-order valence-corrected chi connectivity index (χ2v) is 9.16. The maximum atomic E-state index is 13.4. The van der Waals surface area contributed by atoms with E-state index >= 15 is 0 Å². The standard InChI is InChI=1S/C14H20F3N3OS/c1-12(2,3)22(21)19-9-8-11(20-10(9)4-7-18-20)13(5-6-13)14(15,16)17/h4,7,9,11,19H,5-6,8H2,1-3H3/t9-,11-,22+/m0/s1. The van der Waals surface area contributed by atoms with Gasteiger partial charge in [-0.15, -0.1) is 4.72 Å². The van der Waals surface area contributed by atoms with Crippen LogP contribution in [0, 0.1) is 5.41 Å². The average molecular weight is 335 g/mol. The van der Waals surface area contributed by atoms with E-state index in [9.17, 15) is 17.7 Å². The molecule has 1 aliphatic carbocycles. The van der Waals surface area contributed by atoms with Crippen molar-refractivity contribution in [3.8, 4) is 0 Å². The third-order valence-corrected chi connectivity index (χ3v) is 6.22. The summed E-state index contributed by atoms with van der Waals surface area (Å²) in [6.45, 7) is 5.49. The number of hydrogen-bond acceptors (Lipinski definition) is 3. The Kier molecular flexibility index (Phi) is 3.58. The molecule has 0 radical (unpaired) electrons. The first-order valence-electron chi connectivity index (χ1n) is 7.34. The molecule has 22 heavy (non-hydrogen) atoms. The molecule has 0 aromatic carbocycles. The molecule has 1 aromatic heterocycles. The van der Waals surface area contributed by atoms with Gasteiger partial charge in [0.05, 0.1) is 23.2 Å². The van der Waals surface area contributed by atoms with Gasteiger partial charge in [-0.05, 0) is 46.1 Å². The number of nitrogens with one attached hydrogen (secondary N) is 1. The number of nitrogens with zero attached hydrogens (tertiary/aromatic N) is 2. The molecule has 0 unspecified atom stereocenters. The van der Waals surface area contributed by atoms with E-state index in [0.29, 0.717) is 5.69 Å². The van der Waals surface area contributed by atoms with Crippen molar-refractivity contribution in [1.29, 1.82) is 0 Å². The highest BCUT2D eigenvalue weighted by Gasteiger charge is 2.69. The molecule has 0 bridgehead atoms. The molecule has 2 aliphatic rings. The van der Waals surface area contributed by atoms with Crippen LogP contribution in [-0.4, -0.2) is 25.3 Å². The Hall–Kier alpha value is -0.730. The first-order valence-corrected chi connectivity index (χ1v) is 8.49. The zero-order valence-electron chi connectivity index (χ0n) is 12.8. The Bertz CT molecular complexity index is 562. The number of hydrogen-bond donors (Lipinski definition) is 1. The third kappa shape index (κ3) is 2.45. The van der Waals surface area contributed by atoms with Crippen LogP contribution in [0.1, 0.15) is 57.8 Å². The van der Waals surface area contributed by atoms with Crippen LogP contribution in [-0.2, 0) is 11.4 Å². The van der Waals surface area contributed by atoms with Gasteiger partial charge in [-0.1, -0.05) is 0 Å². The van der Waals surface area contributed by atoms with Crippen molar-refractivity contribution < 1.29 is 17.7 Å². The Morgan fingerprint density at radius 2 is 2.00 bits per heavy atom. The van der Waals surface area contributed by atoms with Crippen molar-refractivity contribution in [1.82, 2.24) is 14.5 Å². The van der Waals surface area contributed by atoms with Gasteiger partial charge in [-0.3, -0.25) is 4.68 Å². The highest BCUT2D eigenvalue weighted by Crippen LogP contribution is 2.66. The van der Waals surface area contributed by atoms with Crippen molar-refractivity contribution in [2.45, 2.75) is 63.0 Å². The molecule has 4 nitrogen and oxygen atoms in total. The van der Waals surface area contributed by atoms with E-state index in [4.69, 9.17) is 0 Å². The Morgan fingerprint density at radius 1 is 1.36 bits per heavy atom. The van der Waals surface area contributed by atoms with Crippen LogP contribution in [0.3, 0.4) is 0 Å². The number of fused-ring (bicyclic) bond motifs is 1. The molecule has 0 saturated heterocycles. The van der Waals surface area contributed by atoms with E-state index in [0.717, 1.165) is 0 Å². The van der Waals surface area contributed by atoms with Gasteiger partial charge in [0.15, 0.2) is 0 Å². The Labute approximate surface area is 130 Å². The van der Waals surface area contributed by atoms with E-state index in [1.807, 2.05) is 20.8 Å². The summed E-state index contributed by atoms with van der Waals surface area (Å²) >= 11 is -1.33. The molecule has 8 heteroatoms. The number of aromatic nitrogens is 2. The minimum absolute atomic E-state index is 0.148. The van der Waals surface area contributed by atoms with Crippen LogP contribution in [0.4, 0.5) is 13.2 Å². The lowest BCUT2D eigenvalue weighted by atomic mass is 9.93. The Morgan fingerprint density at radius 3 is 2.50 bits per heavy atom. The predicted molar refractivity (Wildman–Crippen MR) is 77.4 cm³/mol. The van der Waals surface area contributed by atoms with Gasteiger partial charge in [0.2, 0.25) is 0 Å². The molecule has 1 N–H and O–H groups in total. The van der Waals surface area contributed by atoms with Gasteiger partial charge in [0.1, 0.15) is 4.75 Å². The van der Waals surface area contributed by atoms with Crippen molar-refractivity contribution in [3.05, 3.63) is 18.0 Å². The zero-order valence-corrected chi connectivity index (χ0v) is 13.6. The van der Waals surface area contributed by atoms with Crippen molar-refractivity contribution in [3.63, 3.8) is 0 Å². The molecule has 1 aliphatic heterocycles. The topological polar surface area (TPSA) is 52.9 Å². The number of halogens is 3. The molecular formula is C14H20F3N3OS. The van der Waals surface area contributed by atoms with E-state index in [1.165, 1.54) is 10.9 Å². The SMILES string of the molecule is CC(C)(C)[S@@+]([O-])N[C@H]1C[C@@H](C2(C(F)(F)F)CC2)n2nccc21. The first kappa shape index (κ1) is 16.1. The fourth-order valence-electron chi connectivity index (χ4n) is 3.12. The van der Waals surface area contributed by atoms with E-state index in [1.54, 1.807) is 6.07 Å². The summed E-state index contributed by atoms with van der Waals surface area (Å²) in [5.74, 6) is 0. The van der Waals surface area contributed by atoms with E-state index in [2.05, 4.69) is 9.82 Å². The number of alkyl halides is 3. The van der Waals surface area contributed by atoms with Gasteiger partial charge < -0.3 is 4.55 Å². The quantitative estimate of drug-likeness (QED) is 0.863. The zero-order chi connectivity index (χ0) is 16.3. The summed E-state index contributed by atoms with van der Waals surface area (Å²) in [6.07, 6.45) is -2.13. The lowest BCUT2D eigenvalue weighted by Gasteiger charge is -2.28. The predicted octanol–water partition coefficient (Wildman–Crippen LogP) is 3.26. The van der Waals surface area contributed by atoms with Crippen molar-refractivity contribution >= 4 is 11.4 Å². The minimum Gasteiger partial charge on any atom is -0.598 e. The molecule has 0 amide bonds. The van der Waals surface area contributed by atoms with Gasteiger partial charge in [0.25, 0.3) is 0 Å². The molecule has 3 atom stereocenters. The van der Waals surface area contributed by atoms with Gasteiger partial charge in [-0.2, -0.15) is 18.3 Å². The average Bonchev–Trinajstić information content (AvgIpc) is 2.92. The number of rotatable bonds is 3. The fraction of sp³-hybridized carbons (Fsp3) is 0.786. The molecule has 0 spiro atoms. The fourth-order valence-corrected chi connectivity index (χ4v) is 3.95. The summed E-state index contributed by atoms with van der Waals surface area (Å²) in [6, 6.07) is 0.656. The summed E-state index contributed by atoms with van der Waals surface area (Å²) in [7, 11) is 0. The summed E-state index contributed by atoms with van der Waals surface area (Å²) in [5.41, 5.74) is -0.967. The molecule has 3 rings (SSSR count). The van der Waals surface area contributed by atoms with Crippen LogP contribution < -0.4 is 4.72 Å². The smallest absolute Gasteiger partial charge is 0.396 e. The monoisotopic (exact) mass is 335 g/mol. The van der Waals surface area contributed by atoms with Gasteiger partial charge >= 0.3 is 6.18 Å². The lowest BCUT2D eigenvalue weighted by Crippen LogP contribution is -2.41. The highest BCUT2D eigenvalue weighted by atomic mass is 32.2. The summed E-state index contributed by atoms with van der Waals surface area (Å²) in [4.78, 5) is 0. The minimum atomic E-state index is -4.22. The van der Waals surface area contributed by atoms with Gasteiger partial charge in [-0.25, -0.2) is 0 Å². The molecule has 124 valence electrons. The molecule has 1 saturated carbocycles. The van der Waals surface area contributed by atoms with Crippen molar-refractivity contribution in [2.24, 2.45) is 5.41 Å². The largest absolute Gasteiger partial charge is 0.598 e. The second kappa shape index (κ2) is 4.88. The van der Waals surface area contributed by atoms with Crippen LogP contribution in [0.5, 0.6) is 0 Å². The Balaban J connectivity index is 1.84. The summed E-state index contributed by atoms with van der Waals surface area (Å²) < 4.78 is 56.5. The second-order valence-electron chi connectivity index (χ2n) is 7.16. The first-order chi connectivity index (χ1) is 10.1. The molecule has 1 fully saturated rings. The lowest BCUT2D eigenvalue weighted by molar-refractivity contribution is -0.200. The normalized spacial score (nSPS) is 28.5. The van der Waals surface area contributed by atoms with Crippen LogP contribution in [0.2, 0.25) is 0 Å². The van der Waals surface area contributed by atoms with E-state index < -0.39 is 33.7 Å². The van der Waals surface area contributed by atoms with Crippen molar-refractivity contribution in [2.75, 3.05) is 0 Å². The molecule has 2 heterocycles.